The van der Waals surface area contributed by atoms with Crippen LogP contribution in [0.4, 0.5) is 0 Å². The zero-order valence-electron chi connectivity index (χ0n) is 10.5. The number of hydrogen-bond acceptors (Lipinski definition) is 3. The highest BCUT2D eigenvalue weighted by atomic mass is 16.5. The number of ether oxygens (including phenoxy) is 2. The van der Waals surface area contributed by atoms with Gasteiger partial charge >= 0.3 is 0 Å². The van der Waals surface area contributed by atoms with E-state index >= 15 is 0 Å². The first-order valence-corrected chi connectivity index (χ1v) is 5.60. The summed E-state index contributed by atoms with van der Waals surface area (Å²) < 4.78 is 10.7. The zero-order chi connectivity index (χ0) is 12.0. The molecule has 90 valence electrons. The van der Waals surface area contributed by atoms with Crippen molar-refractivity contribution in [2.75, 3.05) is 20.8 Å². The molecule has 3 nitrogen and oxygen atoms in total. The largest absolute Gasteiger partial charge is 0.488 e. The van der Waals surface area contributed by atoms with Crippen LogP contribution in [0, 0.1) is 0 Å². The first-order valence-electron chi connectivity index (χ1n) is 5.60. The Hall–Kier alpha value is -1.06. The normalized spacial score (nSPS) is 14.5. The minimum absolute atomic E-state index is 0.0811. The molecule has 0 aliphatic carbocycles. The molecular weight excluding hydrogens is 202 g/mol. The third-order valence-electron chi connectivity index (χ3n) is 2.55. The van der Waals surface area contributed by atoms with E-state index in [0.29, 0.717) is 12.6 Å². The molecule has 0 radical (unpaired) electrons. The number of hydrogen-bond donors (Lipinski definition) is 1. The van der Waals surface area contributed by atoms with E-state index in [4.69, 9.17) is 9.47 Å². The fourth-order valence-electron chi connectivity index (χ4n) is 1.50. The highest BCUT2D eigenvalue weighted by Gasteiger charge is 2.05. The van der Waals surface area contributed by atoms with Crippen molar-refractivity contribution in [1.82, 2.24) is 5.32 Å². The molecule has 0 heterocycles. The van der Waals surface area contributed by atoms with Gasteiger partial charge in [0.2, 0.25) is 0 Å². The third kappa shape index (κ3) is 3.83. The number of rotatable bonds is 6. The molecule has 1 aromatic carbocycles. The van der Waals surface area contributed by atoms with Crippen molar-refractivity contribution in [1.29, 1.82) is 0 Å². The van der Waals surface area contributed by atoms with E-state index in [2.05, 4.69) is 24.4 Å². The van der Waals surface area contributed by atoms with Gasteiger partial charge in [-0.1, -0.05) is 12.1 Å². The first-order chi connectivity index (χ1) is 7.67. The van der Waals surface area contributed by atoms with E-state index in [9.17, 15) is 0 Å². The Morgan fingerprint density at radius 1 is 1.19 bits per heavy atom. The lowest BCUT2D eigenvalue weighted by atomic mass is 10.1. The van der Waals surface area contributed by atoms with Gasteiger partial charge in [-0.05, 0) is 38.6 Å². The molecule has 0 saturated carbocycles. The summed E-state index contributed by atoms with van der Waals surface area (Å²) in [5.74, 6) is 0.886. The highest BCUT2D eigenvalue weighted by Crippen LogP contribution is 2.18. The van der Waals surface area contributed by atoms with Gasteiger partial charge in [-0.3, -0.25) is 0 Å². The van der Waals surface area contributed by atoms with Crippen LogP contribution >= 0.6 is 0 Å². The van der Waals surface area contributed by atoms with Gasteiger partial charge in [0.15, 0.2) is 0 Å². The second-order valence-electron chi connectivity index (χ2n) is 3.96. The molecule has 0 spiro atoms. The molecular formula is C13H21NO2. The lowest BCUT2D eigenvalue weighted by molar-refractivity contribution is 0.0921. The Morgan fingerprint density at radius 3 is 2.31 bits per heavy atom. The van der Waals surface area contributed by atoms with Crippen LogP contribution in [0.3, 0.4) is 0 Å². The maximum absolute atomic E-state index is 5.68. The minimum Gasteiger partial charge on any atom is -0.488 e. The molecule has 0 bridgehead atoms. The van der Waals surface area contributed by atoms with E-state index in [1.165, 1.54) is 5.56 Å². The van der Waals surface area contributed by atoms with E-state index in [-0.39, 0.29) is 6.10 Å². The Morgan fingerprint density at radius 2 is 1.81 bits per heavy atom. The van der Waals surface area contributed by atoms with Crippen LogP contribution in [0.2, 0.25) is 0 Å². The van der Waals surface area contributed by atoms with Crippen LogP contribution in [0.15, 0.2) is 24.3 Å². The number of methoxy groups -OCH3 is 1. The Kier molecular flexibility index (Phi) is 5.29. The van der Waals surface area contributed by atoms with Crippen molar-refractivity contribution in [3.05, 3.63) is 29.8 Å². The standard InChI is InChI=1S/C13H21NO2/c1-10(9-15-4)16-13-7-5-12(6-8-13)11(2)14-3/h5-8,10-11,14H,9H2,1-4H3. The van der Waals surface area contributed by atoms with Crippen molar-refractivity contribution in [3.63, 3.8) is 0 Å². The molecule has 16 heavy (non-hydrogen) atoms. The zero-order valence-corrected chi connectivity index (χ0v) is 10.5. The lowest BCUT2D eigenvalue weighted by Crippen LogP contribution is -2.18. The minimum atomic E-state index is 0.0811. The Bertz CT molecular complexity index is 297. The average molecular weight is 223 g/mol. The molecule has 0 aromatic heterocycles. The van der Waals surface area contributed by atoms with Gasteiger partial charge in [0.25, 0.3) is 0 Å². The second kappa shape index (κ2) is 6.51. The molecule has 0 aliphatic heterocycles. The summed E-state index contributed by atoms with van der Waals surface area (Å²) in [7, 11) is 3.63. The van der Waals surface area contributed by atoms with E-state index < -0.39 is 0 Å². The van der Waals surface area contributed by atoms with Crippen molar-refractivity contribution < 1.29 is 9.47 Å². The summed E-state index contributed by atoms with van der Waals surface area (Å²) in [4.78, 5) is 0. The van der Waals surface area contributed by atoms with Crippen LogP contribution in [-0.4, -0.2) is 26.9 Å². The van der Waals surface area contributed by atoms with Crippen molar-refractivity contribution in [2.45, 2.75) is 26.0 Å². The summed E-state index contributed by atoms with van der Waals surface area (Å²) in [5, 5.41) is 3.20. The summed E-state index contributed by atoms with van der Waals surface area (Å²) in [6.07, 6.45) is 0.0811. The van der Waals surface area contributed by atoms with Gasteiger partial charge in [-0.15, -0.1) is 0 Å². The molecule has 0 saturated heterocycles. The predicted octanol–water partition coefficient (Wildman–Crippen LogP) is 2.38. The molecule has 3 heteroatoms. The van der Waals surface area contributed by atoms with Gasteiger partial charge in [-0.2, -0.15) is 0 Å². The van der Waals surface area contributed by atoms with Crippen LogP contribution in [-0.2, 0) is 4.74 Å². The van der Waals surface area contributed by atoms with Crippen molar-refractivity contribution >= 4 is 0 Å². The molecule has 1 aromatic rings. The predicted molar refractivity (Wildman–Crippen MR) is 65.9 cm³/mol. The number of nitrogens with one attached hydrogen (secondary N) is 1. The fourth-order valence-corrected chi connectivity index (χ4v) is 1.50. The average Bonchev–Trinajstić information content (AvgIpc) is 2.29. The molecule has 0 aliphatic rings. The van der Waals surface area contributed by atoms with E-state index in [1.54, 1.807) is 7.11 Å². The smallest absolute Gasteiger partial charge is 0.119 e. The summed E-state index contributed by atoms with van der Waals surface area (Å²) in [6, 6.07) is 8.52. The molecule has 1 rings (SSSR count). The van der Waals surface area contributed by atoms with Crippen LogP contribution in [0.5, 0.6) is 5.75 Å². The Balaban J connectivity index is 2.57. The lowest BCUT2D eigenvalue weighted by Gasteiger charge is -2.15. The summed E-state index contributed by atoms with van der Waals surface area (Å²) in [6.45, 7) is 4.73. The van der Waals surface area contributed by atoms with Crippen LogP contribution < -0.4 is 10.1 Å². The SMILES string of the molecule is CNC(C)c1ccc(OC(C)COC)cc1. The molecule has 0 amide bonds. The maximum atomic E-state index is 5.68. The van der Waals surface area contributed by atoms with Gasteiger partial charge < -0.3 is 14.8 Å². The van der Waals surface area contributed by atoms with Gasteiger partial charge in [0.1, 0.15) is 11.9 Å². The maximum Gasteiger partial charge on any atom is 0.119 e. The van der Waals surface area contributed by atoms with Crippen molar-refractivity contribution in [2.24, 2.45) is 0 Å². The van der Waals surface area contributed by atoms with Gasteiger partial charge in [0, 0.05) is 13.2 Å². The molecule has 2 unspecified atom stereocenters. The van der Waals surface area contributed by atoms with Crippen LogP contribution in [0.25, 0.3) is 0 Å². The fraction of sp³-hybridized carbons (Fsp3) is 0.538. The molecule has 1 N–H and O–H groups in total. The van der Waals surface area contributed by atoms with Crippen LogP contribution in [0.1, 0.15) is 25.5 Å². The number of benzene rings is 1. The summed E-state index contributed by atoms with van der Waals surface area (Å²) in [5.41, 5.74) is 1.26. The monoisotopic (exact) mass is 223 g/mol. The first kappa shape index (κ1) is 13.0. The topological polar surface area (TPSA) is 30.5 Å². The Labute approximate surface area is 97.8 Å². The quantitative estimate of drug-likeness (QED) is 0.803. The second-order valence-corrected chi connectivity index (χ2v) is 3.96. The summed E-state index contributed by atoms with van der Waals surface area (Å²) >= 11 is 0. The van der Waals surface area contributed by atoms with E-state index in [1.807, 2.05) is 26.1 Å². The molecule has 0 fully saturated rings. The van der Waals surface area contributed by atoms with Crippen molar-refractivity contribution in [3.8, 4) is 5.75 Å². The van der Waals surface area contributed by atoms with Gasteiger partial charge in [0.05, 0.1) is 6.61 Å². The van der Waals surface area contributed by atoms with Gasteiger partial charge in [-0.25, -0.2) is 0 Å². The molecule has 2 atom stereocenters. The highest BCUT2D eigenvalue weighted by molar-refractivity contribution is 5.29. The third-order valence-corrected chi connectivity index (χ3v) is 2.55. The van der Waals surface area contributed by atoms with E-state index in [0.717, 1.165) is 5.75 Å².